The molecule has 2 N–H and O–H groups in total. The van der Waals surface area contributed by atoms with Gasteiger partial charge in [-0.2, -0.15) is 9.97 Å². The van der Waals surface area contributed by atoms with Crippen LogP contribution in [0.15, 0.2) is 73.1 Å². The molecule has 1 unspecified atom stereocenters. The van der Waals surface area contributed by atoms with Crippen molar-refractivity contribution in [1.29, 1.82) is 0 Å². The van der Waals surface area contributed by atoms with Crippen molar-refractivity contribution in [3.05, 3.63) is 95.3 Å². The summed E-state index contributed by atoms with van der Waals surface area (Å²) in [5.74, 6) is -0.0616. The van der Waals surface area contributed by atoms with Crippen LogP contribution in [0.25, 0.3) is 0 Å². The number of hydrogen-bond acceptors (Lipinski definition) is 12. The number of benzene rings is 3. The van der Waals surface area contributed by atoms with Gasteiger partial charge in [0.05, 0.1) is 24.3 Å². The largest absolute Gasteiger partial charge is 0.490 e. The highest BCUT2D eigenvalue weighted by Gasteiger charge is 2.45. The number of anilines is 2. The van der Waals surface area contributed by atoms with Gasteiger partial charge in [0.2, 0.25) is 17.8 Å². The number of nitrogens with zero attached hydrogens (tertiary/aromatic N) is 5. The molecule has 4 amide bonds. The van der Waals surface area contributed by atoms with Gasteiger partial charge in [0.25, 0.3) is 11.8 Å². The summed E-state index contributed by atoms with van der Waals surface area (Å²) in [6.07, 6.45) is 3.24. The number of amides is 4. The van der Waals surface area contributed by atoms with E-state index in [2.05, 4.69) is 68.6 Å². The molecular weight excluding hydrogens is 678 g/mol. The Morgan fingerprint density at radius 1 is 0.849 bits per heavy atom. The Morgan fingerprint density at radius 3 is 2.23 bits per heavy atom. The van der Waals surface area contributed by atoms with E-state index in [0.29, 0.717) is 30.6 Å². The maximum absolute atomic E-state index is 13.2. The maximum atomic E-state index is 13.2. The SMILES string of the molecule is CC(C)(c1ccc(Oc2ncnc(N3CCOCC3)n2)cc1)c1ccc(O[C@H]2C[C@H](Nc3ccc4c(c3)C(=O)N(C3CCC(=O)NC3=O)C4=O)C2)cc1. The Hall–Kier alpha value is -5.89. The van der Waals surface area contributed by atoms with Crippen LogP contribution in [-0.4, -0.2) is 88.0 Å². The molecule has 14 heteroatoms. The average molecular weight is 718 g/mol. The average Bonchev–Trinajstić information content (AvgIpc) is 3.39. The number of aromatic nitrogens is 3. The van der Waals surface area contributed by atoms with Crippen molar-refractivity contribution in [1.82, 2.24) is 25.2 Å². The predicted octanol–water partition coefficient (Wildman–Crippen LogP) is 4.25. The van der Waals surface area contributed by atoms with Gasteiger partial charge in [-0.3, -0.25) is 29.4 Å². The number of rotatable bonds is 10. The van der Waals surface area contributed by atoms with Crippen molar-refractivity contribution < 1.29 is 33.4 Å². The van der Waals surface area contributed by atoms with E-state index >= 15 is 0 Å². The van der Waals surface area contributed by atoms with Gasteiger partial charge in [0.1, 0.15) is 30.0 Å². The van der Waals surface area contributed by atoms with Crippen LogP contribution in [0.2, 0.25) is 0 Å². The molecule has 4 aromatic rings. The van der Waals surface area contributed by atoms with E-state index in [0.717, 1.165) is 47.7 Å². The first-order valence-electron chi connectivity index (χ1n) is 17.8. The van der Waals surface area contributed by atoms with Crippen LogP contribution in [0.4, 0.5) is 11.6 Å². The van der Waals surface area contributed by atoms with Crippen LogP contribution in [-0.2, 0) is 19.7 Å². The van der Waals surface area contributed by atoms with Gasteiger partial charge in [-0.15, -0.1) is 0 Å². The number of nitrogens with one attached hydrogen (secondary N) is 2. The molecule has 3 aliphatic heterocycles. The summed E-state index contributed by atoms with van der Waals surface area (Å²) in [6, 6.07) is 20.6. The Bertz CT molecular complexity index is 2060. The van der Waals surface area contributed by atoms with Crippen LogP contribution < -0.4 is 25.0 Å². The Kier molecular flexibility index (Phi) is 8.98. The summed E-state index contributed by atoms with van der Waals surface area (Å²) in [5.41, 5.74) is 3.21. The van der Waals surface area contributed by atoms with Crippen molar-refractivity contribution in [2.24, 2.45) is 0 Å². The van der Waals surface area contributed by atoms with Crippen molar-refractivity contribution in [3.63, 3.8) is 0 Å². The molecular formula is C39H39N7O7. The lowest BCUT2D eigenvalue weighted by Crippen LogP contribution is -2.54. The van der Waals surface area contributed by atoms with Gasteiger partial charge in [-0.05, 0) is 60.0 Å². The lowest BCUT2D eigenvalue weighted by molar-refractivity contribution is -0.136. The molecule has 4 heterocycles. The molecule has 0 spiro atoms. The minimum Gasteiger partial charge on any atom is -0.490 e. The zero-order valence-electron chi connectivity index (χ0n) is 29.4. The zero-order valence-corrected chi connectivity index (χ0v) is 29.4. The van der Waals surface area contributed by atoms with Crippen LogP contribution in [0.3, 0.4) is 0 Å². The smallest absolute Gasteiger partial charge is 0.326 e. The summed E-state index contributed by atoms with van der Waals surface area (Å²) in [6.45, 7) is 7.09. The van der Waals surface area contributed by atoms with E-state index in [-0.39, 0.29) is 47.5 Å². The molecule has 272 valence electrons. The number of morpholine rings is 1. The van der Waals surface area contributed by atoms with Gasteiger partial charge in [-0.1, -0.05) is 38.1 Å². The van der Waals surface area contributed by atoms with Crippen LogP contribution in [0.1, 0.15) is 71.4 Å². The highest BCUT2D eigenvalue weighted by molar-refractivity contribution is 6.23. The minimum absolute atomic E-state index is 0.0360. The molecule has 8 rings (SSSR count). The molecule has 3 fully saturated rings. The second-order valence-electron chi connectivity index (χ2n) is 14.2. The van der Waals surface area contributed by atoms with Crippen LogP contribution >= 0.6 is 0 Å². The molecule has 1 atom stereocenters. The van der Waals surface area contributed by atoms with Gasteiger partial charge in [-0.25, -0.2) is 4.98 Å². The number of ether oxygens (including phenoxy) is 3. The lowest BCUT2D eigenvalue weighted by Gasteiger charge is -2.36. The fourth-order valence-corrected chi connectivity index (χ4v) is 7.17. The van der Waals surface area contributed by atoms with Crippen LogP contribution in [0.5, 0.6) is 17.5 Å². The van der Waals surface area contributed by atoms with Crippen LogP contribution in [0, 0.1) is 0 Å². The molecule has 3 aromatic carbocycles. The fourth-order valence-electron chi connectivity index (χ4n) is 7.17. The van der Waals surface area contributed by atoms with Gasteiger partial charge >= 0.3 is 6.01 Å². The summed E-state index contributed by atoms with van der Waals surface area (Å²) in [7, 11) is 0. The van der Waals surface area contributed by atoms with Gasteiger partial charge in [0.15, 0.2) is 0 Å². The highest BCUT2D eigenvalue weighted by Crippen LogP contribution is 2.36. The summed E-state index contributed by atoms with van der Waals surface area (Å²) in [4.78, 5) is 66.1. The first-order valence-corrected chi connectivity index (χ1v) is 17.8. The molecule has 1 aliphatic carbocycles. The molecule has 1 saturated carbocycles. The molecule has 1 aromatic heterocycles. The zero-order chi connectivity index (χ0) is 36.7. The molecule has 2 saturated heterocycles. The van der Waals surface area contributed by atoms with E-state index in [1.54, 1.807) is 18.2 Å². The van der Waals surface area contributed by atoms with E-state index in [1.807, 2.05) is 24.3 Å². The summed E-state index contributed by atoms with van der Waals surface area (Å²) >= 11 is 0. The number of fused-ring (bicyclic) bond motifs is 1. The topological polar surface area (TPSA) is 165 Å². The first kappa shape index (κ1) is 34.2. The fraction of sp³-hybridized carbons (Fsp3) is 0.359. The van der Waals surface area contributed by atoms with Crippen molar-refractivity contribution >= 4 is 35.3 Å². The lowest BCUT2D eigenvalue weighted by atomic mass is 9.78. The monoisotopic (exact) mass is 717 g/mol. The number of carbonyl (C=O) groups is 4. The highest BCUT2D eigenvalue weighted by atomic mass is 16.5. The second-order valence-corrected chi connectivity index (χ2v) is 14.2. The van der Waals surface area contributed by atoms with Crippen molar-refractivity contribution in [2.45, 2.75) is 63.1 Å². The van der Waals surface area contributed by atoms with Gasteiger partial charge < -0.3 is 24.4 Å². The Morgan fingerprint density at radius 2 is 1.53 bits per heavy atom. The number of piperidine rings is 1. The van der Waals surface area contributed by atoms with Crippen molar-refractivity contribution in [2.75, 3.05) is 36.5 Å². The summed E-state index contributed by atoms with van der Waals surface area (Å²) < 4.78 is 17.6. The second kappa shape index (κ2) is 13.9. The first-order chi connectivity index (χ1) is 25.6. The molecule has 0 bridgehead atoms. The van der Waals surface area contributed by atoms with E-state index in [4.69, 9.17) is 14.2 Å². The predicted molar refractivity (Wildman–Crippen MR) is 192 cm³/mol. The van der Waals surface area contributed by atoms with Crippen molar-refractivity contribution in [3.8, 4) is 17.5 Å². The maximum Gasteiger partial charge on any atom is 0.326 e. The summed E-state index contributed by atoms with van der Waals surface area (Å²) in [5, 5.41) is 5.66. The number of imide groups is 2. The third kappa shape index (κ3) is 6.89. The minimum atomic E-state index is -0.988. The van der Waals surface area contributed by atoms with E-state index < -0.39 is 29.7 Å². The molecule has 14 nitrogen and oxygen atoms in total. The third-order valence-corrected chi connectivity index (χ3v) is 10.4. The van der Waals surface area contributed by atoms with E-state index in [1.165, 1.54) is 6.33 Å². The number of carbonyl (C=O) groups excluding carboxylic acids is 4. The quantitative estimate of drug-likeness (QED) is 0.225. The van der Waals surface area contributed by atoms with Gasteiger partial charge in [0, 0.05) is 49.5 Å². The Balaban J connectivity index is 0.832. The molecule has 53 heavy (non-hydrogen) atoms. The Labute approximate surface area is 305 Å². The molecule has 4 aliphatic rings. The van der Waals surface area contributed by atoms with E-state index in [9.17, 15) is 19.2 Å². The molecule has 0 radical (unpaired) electrons. The third-order valence-electron chi connectivity index (χ3n) is 10.4. The normalized spacial score (nSPS) is 21.5. The number of hydrogen-bond donors (Lipinski definition) is 2. The standard InChI is InChI=1S/C39H39N7O7/c1-39(2,24-5-10-28(11-6-24)53-38-41-22-40-37(44-38)45-15-17-51-18-16-45)23-3-8-27(9-4-23)52-29-19-26(20-29)42-25-7-12-30-31(21-25)36(50)46(35(30)49)32-13-14-33(47)43-34(32)48/h3-12,21-22,26,29,32,42H,13-20H2,1-2H3,(H,43,47,48)/t26-,29-,32?.